The van der Waals surface area contributed by atoms with Crippen LogP contribution in [-0.4, -0.2) is 41.7 Å². The van der Waals surface area contributed by atoms with E-state index in [-0.39, 0.29) is 17.7 Å². The van der Waals surface area contributed by atoms with Crippen LogP contribution in [0.5, 0.6) is 0 Å². The van der Waals surface area contributed by atoms with E-state index in [1.54, 1.807) is 24.3 Å². The van der Waals surface area contributed by atoms with Crippen LogP contribution in [0.25, 0.3) is 0 Å². The summed E-state index contributed by atoms with van der Waals surface area (Å²) in [7, 11) is 0. The van der Waals surface area contributed by atoms with Gasteiger partial charge in [0, 0.05) is 18.7 Å². The van der Waals surface area contributed by atoms with Gasteiger partial charge in [-0.1, -0.05) is 49.7 Å². The van der Waals surface area contributed by atoms with Crippen LogP contribution < -0.4 is 27.5 Å². The van der Waals surface area contributed by atoms with E-state index in [0.29, 0.717) is 36.0 Å². The Labute approximate surface area is 195 Å². The lowest BCUT2D eigenvalue weighted by atomic mass is 9.88. The van der Waals surface area contributed by atoms with E-state index in [2.05, 4.69) is 47.1 Å². The number of nitrogens with zero attached hydrogens (tertiary/aromatic N) is 1. The summed E-state index contributed by atoms with van der Waals surface area (Å²) < 4.78 is 0. The largest absolute Gasteiger partial charge is 0.341 e. The number of carbonyl (C=O) groups is 2. The molecule has 8 heteroatoms. The van der Waals surface area contributed by atoms with E-state index >= 15 is 0 Å². The molecule has 0 aliphatic carbocycles. The Hall–Kier alpha value is -3.39. The SMILES string of the molecule is Cc1ccc(C2CCN(C(=O)C(NC(=O)c3cccc(C(N)=[NH+]NN)c3)C(C)C)CC2)cc1. The van der Waals surface area contributed by atoms with Crippen molar-refractivity contribution in [1.82, 2.24) is 15.8 Å². The molecule has 1 unspecified atom stereocenters. The summed E-state index contributed by atoms with van der Waals surface area (Å²) in [6.07, 6.45) is 1.85. The van der Waals surface area contributed by atoms with Crippen molar-refractivity contribution < 1.29 is 14.7 Å². The molecule has 1 aliphatic heterocycles. The first-order valence-corrected chi connectivity index (χ1v) is 11.4. The number of benzene rings is 2. The Morgan fingerprint density at radius 2 is 1.70 bits per heavy atom. The quantitative estimate of drug-likeness (QED) is 0.179. The van der Waals surface area contributed by atoms with Gasteiger partial charge in [0.2, 0.25) is 5.91 Å². The smallest absolute Gasteiger partial charge is 0.297 e. The number of amides is 2. The van der Waals surface area contributed by atoms with Crippen molar-refractivity contribution in [2.24, 2.45) is 17.5 Å². The fourth-order valence-electron chi connectivity index (χ4n) is 4.18. The molecule has 2 aromatic carbocycles. The van der Waals surface area contributed by atoms with Gasteiger partial charge in [0.15, 0.2) is 0 Å². The first-order chi connectivity index (χ1) is 15.8. The normalized spacial score (nSPS) is 15.9. The molecule has 1 heterocycles. The number of aryl methyl sites for hydroxylation is 1. The van der Waals surface area contributed by atoms with Gasteiger partial charge < -0.3 is 10.2 Å². The van der Waals surface area contributed by atoms with Crippen LogP contribution in [0.1, 0.15) is 59.7 Å². The van der Waals surface area contributed by atoms with Crippen LogP contribution in [0.15, 0.2) is 48.5 Å². The van der Waals surface area contributed by atoms with Gasteiger partial charge in [0.05, 0.1) is 5.56 Å². The Morgan fingerprint density at radius 3 is 2.30 bits per heavy atom. The molecule has 2 amide bonds. The number of piperidine rings is 1. The van der Waals surface area contributed by atoms with Crippen LogP contribution in [-0.2, 0) is 4.79 Å². The number of hydrogen-bond donors (Lipinski definition) is 5. The molecule has 0 aromatic heterocycles. The topological polar surface area (TPSA) is 127 Å². The number of nitrogens with two attached hydrogens (primary N) is 2. The van der Waals surface area contributed by atoms with Gasteiger partial charge in [-0.15, -0.1) is 0 Å². The second kappa shape index (κ2) is 11.0. The molecule has 7 N–H and O–H groups in total. The first-order valence-electron chi connectivity index (χ1n) is 11.4. The molecule has 1 aliphatic rings. The number of carbonyl (C=O) groups excluding carboxylic acids is 2. The summed E-state index contributed by atoms with van der Waals surface area (Å²) in [5, 5.41) is 5.53. The van der Waals surface area contributed by atoms with Gasteiger partial charge in [-0.3, -0.25) is 15.3 Å². The van der Waals surface area contributed by atoms with E-state index in [1.807, 2.05) is 18.7 Å². The molecule has 0 bridgehead atoms. The Morgan fingerprint density at radius 1 is 1.06 bits per heavy atom. The molecule has 2 aromatic rings. The Bertz CT molecular complexity index is 994. The number of hydrazone groups is 1. The first kappa shape index (κ1) is 24.3. The zero-order chi connectivity index (χ0) is 24.0. The van der Waals surface area contributed by atoms with E-state index in [4.69, 9.17) is 11.6 Å². The zero-order valence-corrected chi connectivity index (χ0v) is 19.6. The van der Waals surface area contributed by atoms with E-state index in [1.165, 1.54) is 11.1 Å². The molecular weight excluding hydrogens is 416 g/mol. The van der Waals surface area contributed by atoms with Crippen molar-refractivity contribution in [3.05, 3.63) is 70.8 Å². The number of hydrazine groups is 2. The van der Waals surface area contributed by atoms with E-state index in [0.717, 1.165) is 12.8 Å². The minimum Gasteiger partial charge on any atom is -0.341 e. The lowest BCUT2D eigenvalue weighted by molar-refractivity contribution is -0.528. The average molecular weight is 452 g/mol. The summed E-state index contributed by atoms with van der Waals surface area (Å²) in [4.78, 5) is 28.1. The predicted octanol–water partition coefficient (Wildman–Crippen LogP) is 0.320. The van der Waals surface area contributed by atoms with Crippen molar-refractivity contribution in [3.63, 3.8) is 0 Å². The number of rotatable bonds is 7. The third-order valence-corrected chi connectivity index (χ3v) is 6.22. The fraction of sp³-hybridized carbons (Fsp3) is 0.400. The summed E-state index contributed by atoms with van der Waals surface area (Å²) in [6, 6.07) is 14.9. The maximum atomic E-state index is 13.3. The average Bonchev–Trinajstić information content (AvgIpc) is 2.82. The number of nitrogen functional groups attached to an aromatic ring is 1. The standard InChI is InChI=1S/C25H34N6O2/c1-16(2)22(28-24(32)21-6-4-5-20(15-21)23(26)29-30-27)25(33)31-13-11-19(12-14-31)18-9-7-17(3)8-10-18/h4-10,15-16,19,22,30H,11-14,27H2,1-3H3,(H2,26,29)(H,28,32)/p+1. The Kier molecular flexibility index (Phi) is 8.06. The van der Waals surface area contributed by atoms with E-state index in [9.17, 15) is 9.59 Å². The van der Waals surface area contributed by atoms with E-state index < -0.39 is 6.04 Å². The highest BCUT2D eigenvalue weighted by atomic mass is 16.2. The monoisotopic (exact) mass is 451 g/mol. The van der Waals surface area contributed by atoms with Gasteiger partial charge in [0.1, 0.15) is 6.04 Å². The molecule has 3 rings (SSSR count). The van der Waals surface area contributed by atoms with Crippen molar-refractivity contribution in [3.8, 4) is 0 Å². The third-order valence-electron chi connectivity index (χ3n) is 6.22. The van der Waals surface area contributed by atoms with Crippen LogP contribution >= 0.6 is 0 Å². The highest BCUT2D eigenvalue weighted by molar-refractivity contribution is 6.00. The zero-order valence-electron chi connectivity index (χ0n) is 19.6. The minimum absolute atomic E-state index is 0.0306. The third kappa shape index (κ3) is 6.10. The van der Waals surface area contributed by atoms with Gasteiger partial charge in [-0.05, 0) is 55.4 Å². The predicted molar refractivity (Wildman–Crippen MR) is 129 cm³/mol. The molecule has 1 saturated heterocycles. The highest BCUT2D eigenvalue weighted by Gasteiger charge is 2.31. The van der Waals surface area contributed by atoms with Crippen LogP contribution in [0.4, 0.5) is 0 Å². The molecule has 176 valence electrons. The summed E-state index contributed by atoms with van der Waals surface area (Å²) in [5.74, 6) is 5.60. The van der Waals surface area contributed by atoms with Crippen LogP contribution in [0.2, 0.25) is 0 Å². The molecule has 0 spiro atoms. The number of likely N-dealkylation sites (tertiary alicyclic amines) is 1. The molecule has 0 saturated carbocycles. The second-order valence-electron chi connectivity index (χ2n) is 8.97. The number of amidine groups is 1. The molecular formula is C25H35N6O2+. The number of hydrogen-bond acceptors (Lipinski definition) is 4. The summed E-state index contributed by atoms with van der Waals surface area (Å²) >= 11 is 0. The van der Waals surface area contributed by atoms with Crippen molar-refractivity contribution >= 4 is 17.6 Å². The van der Waals surface area contributed by atoms with Crippen molar-refractivity contribution in [2.75, 3.05) is 13.1 Å². The van der Waals surface area contributed by atoms with Crippen LogP contribution in [0.3, 0.4) is 0 Å². The molecule has 1 atom stereocenters. The highest BCUT2D eigenvalue weighted by Crippen LogP contribution is 2.28. The Balaban J connectivity index is 1.65. The van der Waals surface area contributed by atoms with Crippen molar-refractivity contribution in [2.45, 2.75) is 45.6 Å². The summed E-state index contributed by atoms with van der Waals surface area (Å²) in [6.45, 7) is 7.36. The maximum Gasteiger partial charge on any atom is 0.297 e. The fourth-order valence-corrected chi connectivity index (χ4v) is 4.18. The van der Waals surface area contributed by atoms with Gasteiger partial charge in [-0.25, -0.2) is 5.84 Å². The minimum atomic E-state index is -0.595. The lowest BCUT2D eigenvalue weighted by Gasteiger charge is -2.35. The van der Waals surface area contributed by atoms with Crippen molar-refractivity contribution in [1.29, 1.82) is 0 Å². The maximum absolute atomic E-state index is 13.3. The molecule has 33 heavy (non-hydrogen) atoms. The molecule has 0 radical (unpaired) electrons. The molecule has 1 fully saturated rings. The number of nitrogens with one attached hydrogen (secondary N) is 3. The van der Waals surface area contributed by atoms with Gasteiger partial charge in [0.25, 0.3) is 11.7 Å². The van der Waals surface area contributed by atoms with Gasteiger partial charge in [-0.2, -0.15) is 10.6 Å². The summed E-state index contributed by atoms with van der Waals surface area (Å²) in [5.41, 5.74) is 11.8. The lowest BCUT2D eigenvalue weighted by Crippen LogP contribution is -2.87. The van der Waals surface area contributed by atoms with Gasteiger partial charge >= 0.3 is 0 Å². The van der Waals surface area contributed by atoms with Crippen LogP contribution in [0, 0.1) is 12.8 Å². The molecule has 8 nitrogen and oxygen atoms in total. The second-order valence-corrected chi connectivity index (χ2v) is 8.97.